The van der Waals surface area contributed by atoms with Crippen LogP contribution in [0.4, 0.5) is 0 Å². The van der Waals surface area contributed by atoms with Gasteiger partial charge in [-0.15, -0.1) is 0 Å². The van der Waals surface area contributed by atoms with Crippen molar-refractivity contribution in [1.82, 2.24) is 4.98 Å². The molecule has 3 heteroatoms. The van der Waals surface area contributed by atoms with Gasteiger partial charge in [0.05, 0.1) is 5.41 Å². The maximum Gasteiger partial charge on any atom is 0.228 e. The predicted octanol–water partition coefficient (Wildman–Crippen LogP) is 2.86. The Bertz CT molecular complexity index is 579. The average molecular weight is 242 g/mol. The number of carbonyl (C=O) groups is 1. The molecule has 3 nitrogen and oxygen atoms in total. The smallest absolute Gasteiger partial charge is 0.228 e. The Morgan fingerprint density at radius 3 is 2.67 bits per heavy atom. The van der Waals surface area contributed by atoms with Gasteiger partial charge in [-0.05, 0) is 35.9 Å². The van der Waals surface area contributed by atoms with E-state index in [9.17, 15) is 4.79 Å². The average Bonchev–Trinajstić information content (AvgIpc) is 2.86. The second-order valence-corrected chi connectivity index (χ2v) is 5.29. The Labute approximate surface area is 106 Å². The molecule has 0 atom stereocenters. The molecule has 2 aromatic rings. The minimum Gasteiger partial charge on any atom is -0.369 e. The van der Waals surface area contributed by atoms with Gasteiger partial charge in [0.15, 0.2) is 0 Å². The number of rotatable bonds is 2. The summed E-state index contributed by atoms with van der Waals surface area (Å²) in [6.07, 6.45) is 7.08. The Balaban J connectivity index is 2.11. The zero-order valence-electron chi connectivity index (χ0n) is 10.4. The molecule has 3 N–H and O–H groups in total. The van der Waals surface area contributed by atoms with Crippen LogP contribution in [0.1, 0.15) is 37.7 Å². The monoisotopic (exact) mass is 242 g/mol. The summed E-state index contributed by atoms with van der Waals surface area (Å²) in [7, 11) is 0. The lowest BCUT2D eigenvalue weighted by Gasteiger charge is -2.34. The van der Waals surface area contributed by atoms with E-state index in [2.05, 4.69) is 23.2 Å². The highest BCUT2D eigenvalue weighted by Crippen LogP contribution is 2.40. The molecule has 1 fully saturated rings. The third kappa shape index (κ3) is 1.62. The molecular formula is C15H18N2O. The van der Waals surface area contributed by atoms with E-state index in [0.29, 0.717) is 0 Å². The summed E-state index contributed by atoms with van der Waals surface area (Å²) in [6, 6.07) is 8.26. The van der Waals surface area contributed by atoms with Crippen LogP contribution in [-0.2, 0) is 10.2 Å². The van der Waals surface area contributed by atoms with Gasteiger partial charge in [-0.2, -0.15) is 0 Å². The first-order valence-corrected chi connectivity index (χ1v) is 6.60. The van der Waals surface area contributed by atoms with Crippen molar-refractivity contribution in [2.45, 2.75) is 37.5 Å². The van der Waals surface area contributed by atoms with Crippen LogP contribution in [0.15, 0.2) is 30.5 Å². The van der Waals surface area contributed by atoms with Crippen LogP contribution in [0, 0.1) is 0 Å². The normalized spacial score (nSPS) is 18.9. The zero-order valence-corrected chi connectivity index (χ0v) is 10.4. The van der Waals surface area contributed by atoms with Crippen LogP contribution in [0.3, 0.4) is 0 Å². The van der Waals surface area contributed by atoms with Gasteiger partial charge in [0.2, 0.25) is 5.91 Å². The molecule has 1 aliphatic carbocycles. The van der Waals surface area contributed by atoms with Crippen molar-refractivity contribution in [2.75, 3.05) is 0 Å². The topological polar surface area (TPSA) is 58.9 Å². The largest absolute Gasteiger partial charge is 0.369 e. The van der Waals surface area contributed by atoms with Gasteiger partial charge < -0.3 is 10.7 Å². The fourth-order valence-corrected chi connectivity index (χ4v) is 3.18. The number of benzene rings is 1. The number of carbonyl (C=O) groups excluding carboxylic acids is 1. The van der Waals surface area contributed by atoms with Crippen molar-refractivity contribution in [2.24, 2.45) is 5.73 Å². The molecule has 1 aliphatic rings. The lowest BCUT2D eigenvalue weighted by Crippen LogP contribution is -2.42. The Hall–Kier alpha value is -1.77. The Kier molecular flexibility index (Phi) is 2.62. The molecule has 1 saturated carbocycles. The van der Waals surface area contributed by atoms with E-state index in [0.717, 1.165) is 36.8 Å². The quantitative estimate of drug-likeness (QED) is 0.835. The Morgan fingerprint density at radius 2 is 1.94 bits per heavy atom. The van der Waals surface area contributed by atoms with Crippen LogP contribution in [0.2, 0.25) is 0 Å². The van der Waals surface area contributed by atoms with Gasteiger partial charge in [0, 0.05) is 11.7 Å². The fraction of sp³-hybridized carbons (Fsp3) is 0.400. The van der Waals surface area contributed by atoms with Gasteiger partial charge in [-0.1, -0.05) is 31.4 Å². The predicted molar refractivity (Wildman–Crippen MR) is 72.3 cm³/mol. The number of amides is 1. The van der Waals surface area contributed by atoms with E-state index in [4.69, 9.17) is 5.73 Å². The standard InChI is InChI=1S/C15H18N2O/c16-14(18)15(7-2-1-3-8-15)12-5-4-11-6-9-17-13(11)10-12/h4-6,9-10,17H,1-3,7-8H2,(H2,16,18). The fourth-order valence-electron chi connectivity index (χ4n) is 3.18. The van der Waals surface area contributed by atoms with E-state index in [1.54, 1.807) is 0 Å². The molecule has 3 rings (SSSR count). The third-order valence-electron chi connectivity index (χ3n) is 4.29. The highest BCUT2D eigenvalue weighted by atomic mass is 16.1. The van der Waals surface area contributed by atoms with Crippen LogP contribution in [-0.4, -0.2) is 10.9 Å². The van der Waals surface area contributed by atoms with Crippen molar-refractivity contribution in [3.63, 3.8) is 0 Å². The van der Waals surface area contributed by atoms with Gasteiger partial charge in [-0.3, -0.25) is 4.79 Å². The Morgan fingerprint density at radius 1 is 1.17 bits per heavy atom. The van der Waals surface area contributed by atoms with Crippen LogP contribution >= 0.6 is 0 Å². The summed E-state index contributed by atoms with van der Waals surface area (Å²) in [5.74, 6) is -0.173. The zero-order chi connectivity index (χ0) is 12.6. The number of hydrogen-bond acceptors (Lipinski definition) is 1. The lowest BCUT2D eigenvalue weighted by molar-refractivity contribution is -0.124. The number of fused-ring (bicyclic) bond motifs is 1. The maximum atomic E-state index is 12.0. The molecule has 0 spiro atoms. The van der Waals surface area contributed by atoms with E-state index in [1.165, 1.54) is 11.8 Å². The van der Waals surface area contributed by atoms with E-state index in [-0.39, 0.29) is 5.91 Å². The first-order valence-electron chi connectivity index (χ1n) is 6.60. The minimum absolute atomic E-state index is 0.173. The number of hydrogen-bond donors (Lipinski definition) is 2. The third-order valence-corrected chi connectivity index (χ3v) is 4.29. The van der Waals surface area contributed by atoms with Gasteiger partial charge in [-0.25, -0.2) is 0 Å². The molecule has 1 heterocycles. The maximum absolute atomic E-state index is 12.0. The number of aromatic nitrogens is 1. The van der Waals surface area contributed by atoms with Crippen molar-refractivity contribution in [3.05, 3.63) is 36.0 Å². The number of aromatic amines is 1. The van der Waals surface area contributed by atoms with Crippen LogP contribution in [0.5, 0.6) is 0 Å². The molecule has 1 aromatic heterocycles. The summed E-state index contributed by atoms with van der Waals surface area (Å²) in [5.41, 5.74) is 7.41. The molecule has 0 radical (unpaired) electrons. The summed E-state index contributed by atoms with van der Waals surface area (Å²) in [5, 5.41) is 1.18. The second-order valence-electron chi connectivity index (χ2n) is 5.29. The highest BCUT2D eigenvalue weighted by Gasteiger charge is 2.39. The molecule has 0 saturated heterocycles. The van der Waals surface area contributed by atoms with Crippen molar-refractivity contribution >= 4 is 16.8 Å². The van der Waals surface area contributed by atoms with E-state index in [1.807, 2.05) is 12.3 Å². The SMILES string of the molecule is NC(=O)C1(c2ccc3cc[nH]c3c2)CCCCC1. The molecule has 1 amide bonds. The lowest BCUT2D eigenvalue weighted by atomic mass is 9.69. The van der Waals surface area contributed by atoms with Gasteiger partial charge in [0.25, 0.3) is 0 Å². The number of nitrogens with two attached hydrogens (primary N) is 1. The number of nitrogens with one attached hydrogen (secondary N) is 1. The molecule has 1 aromatic carbocycles. The van der Waals surface area contributed by atoms with Crippen molar-refractivity contribution in [3.8, 4) is 0 Å². The summed E-state index contributed by atoms with van der Waals surface area (Å²) in [4.78, 5) is 15.2. The first kappa shape index (κ1) is 11.3. The van der Waals surface area contributed by atoms with Crippen LogP contribution in [0.25, 0.3) is 10.9 Å². The molecule has 18 heavy (non-hydrogen) atoms. The number of primary amides is 1. The molecule has 0 bridgehead atoms. The molecule has 0 aliphatic heterocycles. The second kappa shape index (κ2) is 4.16. The summed E-state index contributed by atoms with van der Waals surface area (Å²) >= 11 is 0. The number of H-pyrrole nitrogens is 1. The van der Waals surface area contributed by atoms with Crippen LogP contribution < -0.4 is 5.73 Å². The highest BCUT2D eigenvalue weighted by molar-refractivity contribution is 5.89. The van der Waals surface area contributed by atoms with E-state index >= 15 is 0 Å². The van der Waals surface area contributed by atoms with E-state index < -0.39 is 5.41 Å². The molecule has 94 valence electrons. The van der Waals surface area contributed by atoms with Gasteiger partial charge in [0.1, 0.15) is 0 Å². The molecule has 0 unspecified atom stereocenters. The summed E-state index contributed by atoms with van der Waals surface area (Å²) < 4.78 is 0. The van der Waals surface area contributed by atoms with Crippen molar-refractivity contribution in [1.29, 1.82) is 0 Å². The minimum atomic E-state index is -0.447. The van der Waals surface area contributed by atoms with Gasteiger partial charge >= 0.3 is 0 Å². The summed E-state index contributed by atoms with van der Waals surface area (Å²) in [6.45, 7) is 0. The molecular weight excluding hydrogens is 224 g/mol. The van der Waals surface area contributed by atoms with Crippen molar-refractivity contribution < 1.29 is 4.79 Å². The first-order chi connectivity index (χ1) is 8.72.